The molecule has 0 bridgehead atoms. The van der Waals surface area contributed by atoms with Crippen molar-refractivity contribution in [1.82, 2.24) is 5.32 Å². The molecule has 0 radical (unpaired) electrons. The lowest BCUT2D eigenvalue weighted by Crippen LogP contribution is -2.28. The summed E-state index contributed by atoms with van der Waals surface area (Å²) in [6.45, 7) is 2.71. The molecular weight excluding hydrogens is 322 g/mol. The van der Waals surface area contributed by atoms with Gasteiger partial charge >= 0.3 is 0 Å². The number of nitrogens with zero attached hydrogens (tertiary/aromatic N) is 1. The molecule has 6 heteroatoms. The van der Waals surface area contributed by atoms with Gasteiger partial charge in [-0.1, -0.05) is 49.0 Å². The van der Waals surface area contributed by atoms with Crippen LogP contribution in [0.4, 0.5) is 5.69 Å². The molecule has 1 aliphatic heterocycles. The molecule has 0 saturated carbocycles. The number of carbonyl (C=O) groups excluding carboxylic acids is 2. The Hall–Kier alpha value is -2.34. The van der Waals surface area contributed by atoms with Gasteiger partial charge in [0, 0.05) is 18.7 Å². The molecule has 0 aliphatic carbocycles. The molecule has 2 N–H and O–H groups in total. The molecule has 5 nitrogen and oxygen atoms in total. The van der Waals surface area contributed by atoms with Gasteiger partial charge in [-0.15, -0.1) is 0 Å². The van der Waals surface area contributed by atoms with E-state index in [0.29, 0.717) is 11.7 Å². The van der Waals surface area contributed by atoms with Crippen molar-refractivity contribution in [3.63, 3.8) is 0 Å². The second kappa shape index (κ2) is 7.49. The number of anilines is 1. The molecule has 1 fully saturated rings. The van der Waals surface area contributed by atoms with Gasteiger partial charge < -0.3 is 10.6 Å². The zero-order chi connectivity index (χ0) is 16.9. The van der Waals surface area contributed by atoms with Crippen LogP contribution in [0.5, 0.6) is 0 Å². The Morgan fingerprint density at radius 3 is 2.83 bits per heavy atom. The van der Waals surface area contributed by atoms with Crippen LogP contribution in [0.1, 0.15) is 19.8 Å². The Kier molecular flexibility index (Phi) is 5.15. The average Bonchev–Trinajstić information content (AvgIpc) is 2.92. The van der Waals surface area contributed by atoms with Gasteiger partial charge in [-0.25, -0.2) is 0 Å². The predicted molar refractivity (Wildman–Crippen MR) is 99.3 cm³/mol. The summed E-state index contributed by atoms with van der Waals surface area (Å²) in [5.41, 5.74) is 0.738. The van der Waals surface area contributed by atoms with E-state index in [2.05, 4.69) is 15.6 Å². The van der Waals surface area contributed by atoms with Gasteiger partial charge in [0.2, 0.25) is 11.8 Å². The first-order valence-electron chi connectivity index (χ1n) is 7.96. The number of rotatable bonds is 5. The van der Waals surface area contributed by atoms with Crippen LogP contribution in [0.15, 0.2) is 47.5 Å². The molecule has 1 heterocycles. The molecule has 3 rings (SSSR count). The van der Waals surface area contributed by atoms with E-state index in [-0.39, 0.29) is 18.2 Å². The Morgan fingerprint density at radius 1 is 1.25 bits per heavy atom. The topological polar surface area (TPSA) is 70.6 Å². The molecular formula is C18H19N3O2S. The van der Waals surface area contributed by atoms with Crippen molar-refractivity contribution in [2.75, 3.05) is 11.9 Å². The first-order valence-corrected chi connectivity index (χ1v) is 8.84. The molecule has 2 amide bonds. The molecule has 1 aliphatic rings. The maximum Gasteiger partial charge on any atom is 0.240 e. The summed E-state index contributed by atoms with van der Waals surface area (Å²) >= 11 is 1.33. The van der Waals surface area contributed by atoms with Crippen LogP contribution in [0.2, 0.25) is 0 Å². The minimum absolute atomic E-state index is 0.133. The Labute approximate surface area is 144 Å². The van der Waals surface area contributed by atoms with Gasteiger partial charge in [0.25, 0.3) is 0 Å². The minimum Gasteiger partial charge on any atom is -0.326 e. The van der Waals surface area contributed by atoms with E-state index >= 15 is 0 Å². The van der Waals surface area contributed by atoms with Crippen molar-refractivity contribution >= 4 is 45.2 Å². The van der Waals surface area contributed by atoms with E-state index in [4.69, 9.17) is 0 Å². The highest BCUT2D eigenvalue weighted by Gasteiger charge is 2.31. The maximum absolute atomic E-state index is 12.2. The van der Waals surface area contributed by atoms with Gasteiger partial charge in [0.1, 0.15) is 5.25 Å². The Bertz CT molecular complexity index is 804. The number of amidine groups is 1. The highest BCUT2D eigenvalue weighted by molar-refractivity contribution is 8.15. The van der Waals surface area contributed by atoms with E-state index < -0.39 is 5.25 Å². The molecule has 1 atom stereocenters. The summed E-state index contributed by atoms with van der Waals surface area (Å²) in [4.78, 5) is 28.4. The summed E-state index contributed by atoms with van der Waals surface area (Å²) < 4.78 is 0. The zero-order valence-electron chi connectivity index (χ0n) is 13.4. The number of thioether (sulfide) groups is 1. The van der Waals surface area contributed by atoms with Crippen LogP contribution in [0.3, 0.4) is 0 Å². The quantitative estimate of drug-likeness (QED) is 0.877. The molecule has 24 heavy (non-hydrogen) atoms. The summed E-state index contributed by atoms with van der Waals surface area (Å²) in [6, 6.07) is 13.7. The van der Waals surface area contributed by atoms with Gasteiger partial charge in [0.05, 0.1) is 0 Å². The second-order valence-electron chi connectivity index (χ2n) is 5.60. The Balaban J connectivity index is 1.61. The highest BCUT2D eigenvalue weighted by Crippen LogP contribution is 2.24. The van der Waals surface area contributed by atoms with Crippen LogP contribution in [-0.4, -0.2) is 28.8 Å². The van der Waals surface area contributed by atoms with Crippen molar-refractivity contribution in [3.8, 4) is 0 Å². The maximum atomic E-state index is 12.2. The number of nitrogens with one attached hydrogen (secondary N) is 2. The fourth-order valence-electron chi connectivity index (χ4n) is 2.48. The monoisotopic (exact) mass is 341 g/mol. The minimum atomic E-state index is -0.416. The van der Waals surface area contributed by atoms with E-state index in [1.165, 1.54) is 11.8 Å². The van der Waals surface area contributed by atoms with Crippen molar-refractivity contribution in [2.45, 2.75) is 25.0 Å². The smallest absolute Gasteiger partial charge is 0.240 e. The lowest BCUT2D eigenvalue weighted by atomic mass is 10.1. The lowest BCUT2D eigenvalue weighted by Gasteiger charge is -2.08. The van der Waals surface area contributed by atoms with E-state index in [9.17, 15) is 9.59 Å². The number of aliphatic imine (C=N–C) groups is 1. The number of carbonyl (C=O) groups is 2. The summed E-state index contributed by atoms with van der Waals surface area (Å²) in [6.07, 6.45) is 1.06. The predicted octanol–water partition coefficient (Wildman–Crippen LogP) is 3.17. The normalized spacial score (nSPS) is 18.8. The van der Waals surface area contributed by atoms with Crippen molar-refractivity contribution in [1.29, 1.82) is 0 Å². The number of amides is 2. The summed E-state index contributed by atoms with van der Waals surface area (Å²) in [5, 5.41) is 7.98. The second-order valence-corrected chi connectivity index (χ2v) is 6.79. The van der Waals surface area contributed by atoms with Crippen LogP contribution < -0.4 is 10.6 Å². The van der Waals surface area contributed by atoms with Gasteiger partial charge in [0.15, 0.2) is 5.17 Å². The average molecular weight is 341 g/mol. The first kappa shape index (κ1) is 16.5. The third-order valence-electron chi connectivity index (χ3n) is 3.66. The third kappa shape index (κ3) is 3.94. The molecule has 0 aromatic heterocycles. The van der Waals surface area contributed by atoms with E-state index in [0.717, 1.165) is 22.9 Å². The van der Waals surface area contributed by atoms with E-state index in [1.807, 2.05) is 49.4 Å². The largest absolute Gasteiger partial charge is 0.326 e. The SMILES string of the molecule is CCCN=C1NC(=O)C(CC(=O)Nc2ccc3ccccc3c2)S1. The molecule has 0 spiro atoms. The lowest BCUT2D eigenvalue weighted by molar-refractivity contribution is -0.122. The fraction of sp³-hybridized carbons (Fsp3) is 0.278. The summed E-state index contributed by atoms with van der Waals surface area (Å²) in [7, 11) is 0. The molecule has 124 valence electrons. The third-order valence-corrected chi connectivity index (χ3v) is 4.78. The molecule has 2 aromatic carbocycles. The fourth-order valence-corrected chi connectivity index (χ4v) is 3.47. The zero-order valence-corrected chi connectivity index (χ0v) is 14.2. The first-order chi connectivity index (χ1) is 11.7. The van der Waals surface area contributed by atoms with Crippen molar-refractivity contribution < 1.29 is 9.59 Å². The highest BCUT2D eigenvalue weighted by atomic mass is 32.2. The van der Waals surface area contributed by atoms with Gasteiger partial charge in [-0.2, -0.15) is 0 Å². The number of benzene rings is 2. The number of hydrogen-bond acceptors (Lipinski definition) is 4. The number of hydrogen-bond donors (Lipinski definition) is 2. The van der Waals surface area contributed by atoms with Crippen molar-refractivity contribution in [2.24, 2.45) is 4.99 Å². The Morgan fingerprint density at radius 2 is 2.04 bits per heavy atom. The van der Waals surface area contributed by atoms with Crippen LogP contribution in [-0.2, 0) is 9.59 Å². The van der Waals surface area contributed by atoms with Crippen LogP contribution in [0.25, 0.3) is 10.8 Å². The van der Waals surface area contributed by atoms with Crippen LogP contribution in [0, 0.1) is 0 Å². The van der Waals surface area contributed by atoms with Crippen LogP contribution >= 0.6 is 11.8 Å². The van der Waals surface area contributed by atoms with Crippen molar-refractivity contribution in [3.05, 3.63) is 42.5 Å². The van der Waals surface area contributed by atoms with E-state index in [1.54, 1.807) is 0 Å². The van der Waals surface area contributed by atoms with Gasteiger partial charge in [-0.05, 0) is 29.3 Å². The number of fused-ring (bicyclic) bond motifs is 1. The molecule has 2 aromatic rings. The molecule has 1 saturated heterocycles. The van der Waals surface area contributed by atoms with Gasteiger partial charge in [-0.3, -0.25) is 14.6 Å². The summed E-state index contributed by atoms with van der Waals surface area (Å²) in [5.74, 6) is -0.321. The standard InChI is InChI=1S/C18H19N3O2S/c1-2-9-19-18-21-17(23)15(24-18)11-16(22)20-14-8-7-12-5-3-4-6-13(12)10-14/h3-8,10,15H,2,9,11H2,1H3,(H,20,22)(H,19,21,23). The molecule has 1 unspecified atom stereocenters.